The molecular weight excluding hydrogens is 334 g/mol. The van der Waals surface area contributed by atoms with Crippen LogP contribution in [0, 0.1) is 0 Å². The first-order valence-corrected chi connectivity index (χ1v) is 8.33. The molecule has 2 rings (SSSR count). The number of pyridine rings is 1. The molecule has 2 aromatic rings. The topological polar surface area (TPSA) is 82.0 Å². The highest BCUT2D eigenvalue weighted by atomic mass is 16.5. The van der Waals surface area contributed by atoms with E-state index in [0.717, 1.165) is 5.69 Å². The summed E-state index contributed by atoms with van der Waals surface area (Å²) in [7, 11) is 1.57. The summed E-state index contributed by atoms with van der Waals surface area (Å²) < 4.78 is 15.9. The van der Waals surface area contributed by atoms with Crippen molar-refractivity contribution in [2.45, 2.75) is 13.5 Å². The average molecular weight is 357 g/mol. The largest absolute Gasteiger partial charge is 0.497 e. The van der Waals surface area contributed by atoms with Gasteiger partial charge in [-0.15, -0.1) is 0 Å². The second-order valence-corrected chi connectivity index (χ2v) is 5.17. The number of nitrogens with zero attached hydrogens (tertiary/aromatic N) is 2. The molecule has 1 N–H and O–H groups in total. The highest BCUT2D eigenvalue weighted by Crippen LogP contribution is 2.11. The number of aromatic nitrogens is 1. The number of methoxy groups -OCH3 is 1. The van der Waals surface area contributed by atoms with Gasteiger partial charge in [0.1, 0.15) is 12.4 Å². The number of aliphatic imine (C=N–C) groups is 1. The first-order valence-electron chi connectivity index (χ1n) is 8.33. The Hall–Kier alpha value is -2.93. The molecule has 0 spiro atoms. The van der Waals surface area contributed by atoms with Crippen molar-refractivity contribution in [2.24, 2.45) is 4.99 Å². The van der Waals surface area contributed by atoms with Crippen molar-refractivity contribution in [1.29, 1.82) is 0 Å². The summed E-state index contributed by atoms with van der Waals surface area (Å²) in [5.41, 5.74) is 1.25. The standard InChI is InChI=1S/C19H23N3O4/c1-3-25-12-13-26-19(21-14-16-6-4-5-11-20-16)22-18(23)15-7-9-17(24-2)10-8-15/h4-11H,3,12-14H2,1-2H3,(H,21,22,23). The number of ether oxygens (including phenoxy) is 3. The van der Waals surface area contributed by atoms with Crippen LogP contribution < -0.4 is 10.1 Å². The van der Waals surface area contributed by atoms with Crippen molar-refractivity contribution < 1.29 is 19.0 Å². The third kappa shape index (κ3) is 6.52. The van der Waals surface area contributed by atoms with Gasteiger partial charge >= 0.3 is 0 Å². The number of amides is 1. The van der Waals surface area contributed by atoms with Crippen LogP contribution >= 0.6 is 0 Å². The Labute approximate surface area is 153 Å². The Morgan fingerprint density at radius 3 is 2.62 bits per heavy atom. The quantitative estimate of drug-likeness (QED) is 0.446. The number of carbonyl (C=O) groups is 1. The maximum absolute atomic E-state index is 12.4. The lowest BCUT2D eigenvalue weighted by Crippen LogP contribution is -2.33. The Morgan fingerprint density at radius 2 is 1.96 bits per heavy atom. The molecule has 1 aromatic heterocycles. The summed E-state index contributed by atoms with van der Waals surface area (Å²) in [5.74, 6) is 0.363. The second-order valence-electron chi connectivity index (χ2n) is 5.17. The zero-order chi connectivity index (χ0) is 18.6. The molecule has 0 aliphatic heterocycles. The van der Waals surface area contributed by atoms with Gasteiger partial charge in [-0.2, -0.15) is 0 Å². The fraction of sp³-hybridized carbons (Fsp3) is 0.316. The van der Waals surface area contributed by atoms with E-state index in [1.807, 2.05) is 25.1 Å². The third-order valence-electron chi connectivity index (χ3n) is 3.35. The van der Waals surface area contributed by atoms with E-state index in [-0.39, 0.29) is 18.5 Å². The van der Waals surface area contributed by atoms with Crippen molar-refractivity contribution in [3.05, 3.63) is 59.9 Å². The van der Waals surface area contributed by atoms with Crippen LogP contribution in [0.25, 0.3) is 0 Å². The Bertz CT molecular complexity index is 702. The van der Waals surface area contributed by atoms with E-state index in [0.29, 0.717) is 31.1 Å². The number of nitrogens with one attached hydrogen (secondary N) is 1. The number of hydrogen-bond donors (Lipinski definition) is 1. The van der Waals surface area contributed by atoms with Crippen LogP contribution in [0.1, 0.15) is 23.0 Å². The minimum Gasteiger partial charge on any atom is -0.497 e. The molecule has 26 heavy (non-hydrogen) atoms. The number of amidine groups is 1. The summed E-state index contributed by atoms with van der Waals surface area (Å²) >= 11 is 0. The van der Waals surface area contributed by atoms with Crippen LogP contribution in [0.3, 0.4) is 0 Å². The molecule has 138 valence electrons. The molecule has 0 aliphatic rings. The van der Waals surface area contributed by atoms with Gasteiger partial charge in [0.15, 0.2) is 0 Å². The Morgan fingerprint density at radius 1 is 1.15 bits per heavy atom. The Balaban J connectivity index is 2.02. The van der Waals surface area contributed by atoms with Crippen molar-refractivity contribution in [3.8, 4) is 5.75 Å². The molecule has 0 bridgehead atoms. The van der Waals surface area contributed by atoms with Gasteiger partial charge < -0.3 is 14.2 Å². The molecule has 7 nitrogen and oxygen atoms in total. The average Bonchev–Trinajstić information content (AvgIpc) is 2.70. The molecule has 7 heteroatoms. The van der Waals surface area contributed by atoms with Gasteiger partial charge in [0.25, 0.3) is 11.9 Å². The zero-order valence-corrected chi connectivity index (χ0v) is 15.0. The van der Waals surface area contributed by atoms with E-state index in [1.54, 1.807) is 37.6 Å². The summed E-state index contributed by atoms with van der Waals surface area (Å²) in [5, 5.41) is 2.68. The van der Waals surface area contributed by atoms with Gasteiger partial charge in [0, 0.05) is 18.4 Å². The summed E-state index contributed by atoms with van der Waals surface area (Å²) in [6.45, 7) is 3.51. The van der Waals surface area contributed by atoms with Crippen LogP contribution in [-0.2, 0) is 16.0 Å². The number of carbonyl (C=O) groups excluding carboxylic acids is 1. The molecule has 1 aromatic carbocycles. The van der Waals surface area contributed by atoms with Gasteiger partial charge in [-0.05, 0) is 43.3 Å². The molecule has 1 amide bonds. The highest BCUT2D eigenvalue weighted by molar-refractivity contribution is 6.04. The summed E-state index contributed by atoms with van der Waals surface area (Å²) in [4.78, 5) is 20.9. The molecule has 0 aliphatic carbocycles. The van der Waals surface area contributed by atoms with Crippen LogP contribution in [-0.4, -0.2) is 43.8 Å². The molecule has 0 unspecified atom stereocenters. The molecule has 0 radical (unpaired) electrons. The van der Waals surface area contributed by atoms with Gasteiger partial charge in [0.2, 0.25) is 0 Å². The van der Waals surface area contributed by atoms with Gasteiger partial charge in [-0.3, -0.25) is 15.1 Å². The molecule has 0 atom stereocenters. The lowest BCUT2D eigenvalue weighted by Gasteiger charge is -2.11. The summed E-state index contributed by atoms with van der Waals surface area (Å²) in [6.07, 6.45) is 1.69. The molecular formula is C19H23N3O4. The monoisotopic (exact) mass is 357 g/mol. The number of hydrogen-bond acceptors (Lipinski definition) is 6. The first-order chi connectivity index (χ1) is 12.7. The SMILES string of the molecule is CCOCCOC(=NCc1ccccn1)NC(=O)c1ccc(OC)cc1. The second kappa shape index (κ2) is 10.8. The molecule has 1 heterocycles. The summed E-state index contributed by atoms with van der Waals surface area (Å²) in [6, 6.07) is 12.5. The van der Waals surface area contributed by atoms with Crippen LogP contribution in [0.2, 0.25) is 0 Å². The van der Waals surface area contributed by atoms with Gasteiger partial charge in [0.05, 0.1) is 26.0 Å². The number of rotatable bonds is 8. The molecule has 0 saturated carbocycles. The van der Waals surface area contributed by atoms with Crippen LogP contribution in [0.15, 0.2) is 53.7 Å². The Kier molecular flexibility index (Phi) is 8.08. The van der Waals surface area contributed by atoms with E-state index in [4.69, 9.17) is 14.2 Å². The van der Waals surface area contributed by atoms with Gasteiger partial charge in [-0.1, -0.05) is 6.07 Å². The predicted molar refractivity (Wildman–Crippen MR) is 98.3 cm³/mol. The smallest absolute Gasteiger partial charge is 0.292 e. The van der Waals surface area contributed by atoms with Gasteiger partial charge in [-0.25, -0.2) is 4.99 Å². The minimum atomic E-state index is -0.316. The maximum Gasteiger partial charge on any atom is 0.292 e. The first kappa shape index (κ1) is 19.4. The van der Waals surface area contributed by atoms with E-state index in [9.17, 15) is 4.79 Å². The maximum atomic E-state index is 12.4. The van der Waals surface area contributed by atoms with E-state index in [2.05, 4.69) is 15.3 Å². The van der Waals surface area contributed by atoms with E-state index >= 15 is 0 Å². The van der Waals surface area contributed by atoms with Crippen molar-refractivity contribution in [1.82, 2.24) is 10.3 Å². The lowest BCUT2D eigenvalue weighted by atomic mass is 10.2. The van der Waals surface area contributed by atoms with Crippen molar-refractivity contribution in [3.63, 3.8) is 0 Å². The fourth-order valence-corrected chi connectivity index (χ4v) is 2.02. The molecule has 0 saturated heterocycles. The zero-order valence-electron chi connectivity index (χ0n) is 15.0. The fourth-order valence-electron chi connectivity index (χ4n) is 2.02. The van der Waals surface area contributed by atoms with E-state index < -0.39 is 0 Å². The highest BCUT2D eigenvalue weighted by Gasteiger charge is 2.10. The van der Waals surface area contributed by atoms with E-state index in [1.165, 1.54) is 0 Å². The third-order valence-corrected chi connectivity index (χ3v) is 3.35. The van der Waals surface area contributed by atoms with Crippen LogP contribution in [0.5, 0.6) is 5.75 Å². The number of benzene rings is 1. The molecule has 0 fully saturated rings. The van der Waals surface area contributed by atoms with Crippen LogP contribution in [0.4, 0.5) is 0 Å². The lowest BCUT2D eigenvalue weighted by molar-refractivity contribution is 0.0922. The predicted octanol–water partition coefficient (Wildman–Crippen LogP) is 2.43. The minimum absolute atomic E-state index is 0.135. The normalized spacial score (nSPS) is 11.1. The van der Waals surface area contributed by atoms with Crippen molar-refractivity contribution >= 4 is 11.9 Å². The van der Waals surface area contributed by atoms with Crippen molar-refractivity contribution in [2.75, 3.05) is 26.9 Å².